The third-order valence-corrected chi connectivity index (χ3v) is 6.80. The molecule has 2 aromatic rings. The molecule has 0 aromatic heterocycles. The third kappa shape index (κ3) is 4.44. The number of fused-ring (bicyclic) bond motifs is 1. The Morgan fingerprint density at radius 3 is 2.10 bits per heavy atom. The molecule has 0 N–H and O–H groups in total. The zero-order chi connectivity index (χ0) is 20.5. The lowest BCUT2D eigenvalue weighted by Crippen LogP contribution is -2.29. The highest BCUT2D eigenvalue weighted by Crippen LogP contribution is 2.47. The highest BCUT2D eigenvalue weighted by molar-refractivity contribution is 5.65. The molecular formula is C24H26F4O. The van der Waals surface area contributed by atoms with E-state index in [1.165, 1.54) is 44.1 Å². The van der Waals surface area contributed by atoms with Crippen LogP contribution in [0.5, 0.6) is 5.75 Å². The van der Waals surface area contributed by atoms with Crippen molar-refractivity contribution in [2.75, 3.05) is 0 Å². The minimum Gasteiger partial charge on any atom is -0.429 e. The van der Waals surface area contributed by atoms with E-state index in [2.05, 4.69) is 11.7 Å². The lowest BCUT2D eigenvalue weighted by Gasteiger charge is -2.41. The highest BCUT2D eigenvalue weighted by atomic mass is 19.3. The standard InChI is InChI=1S/C24H26F4O/c1-14-2-3-19-11-18(9-8-17(19)10-14)15-4-6-16(7-5-15)20-12-21(25)23(22(26)13-20)29-24(27)28/h4-7,12-14,17-19,24H,2-3,8-11H2,1H3/t14?,17-,18-,19-/m1/s1. The van der Waals surface area contributed by atoms with Gasteiger partial charge >= 0.3 is 6.61 Å². The maximum Gasteiger partial charge on any atom is 0.387 e. The third-order valence-electron chi connectivity index (χ3n) is 6.80. The minimum atomic E-state index is -3.27. The van der Waals surface area contributed by atoms with Gasteiger partial charge in [0.2, 0.25) is 0 Å². The van der Waals surface area contributed by atoms with Gasteiger partial charge in [-0.2, -0.15) is 8.78 Å². The van der Waals surface area contributed by atoms with Crippen LogP contribution in [0.1, 0.15) is 56.9 Å². The number of rotatable bonds is 4. The van der Waals surface area contributed by atoms with Crippen LogP contribution in [0.3, 0.4) is 0 Å². The van der Waals surface area contributed by atoms with E-state index in [4.69, 9.17) is 0 Å². The Balaban J connectivity index is 1.48. The van der Waals surface area contributed by atoms with Crippen molar-refractivity contribution in [2.45, 2.75) is 58.0 Å². The van der Waals surface area contributed by atoms with Crippen LogP contribution in [-0.4, -0.2) is 6.61 Å². The van der Waals surface area contributed by atoms with E-state index in [-0.39, 0.29) is 0 Å². The molecular weight excluding hydrogens is 380 g/mol. The molecule has 0 spiro atoms. The topological polar surface area (TPSA) is 9.23 Å². The number of alkyl halides is 2. The molecule has 0 amide bonds. The molecule has 2 aliphatic rings. The van der Waals surface area contributed by atoms with Gasteiger partial charge in [-0.3, -0.25) is 0 Å². The van der Waals surface area contributed by atoms with E-state index >= 15 is 0 Å². The largest absolute Gasteiger partial charge is 0.429 e. The van der Waals surface area contributed by atoms with Gasteiger partial charge in [0.1, 0.15) is 0 Å². The second-order valence-corrected chi connectivity index (χ2v) is 8.72. The summed E-state index contributed by atoms with van der Waals surface area (Å²) >= 11 is 0. The number of benzene rings is 2. The molecule has 0 aliphatic heterocycles. The summed E-state index contributed by atoms with van der Waals surface area (Å²) in [5.74, 6) is -0.230. The van der Waals surface area contributed by atoms with E-state index in [1.54, 1.807) is 0 Å². The first kappa shape index (κ1) is 20.2. The summed E-state index contributed by atoms with van der Waals surface area (Å²) in [7, 11) is 0. The molecule has 0 radical (unpaired) electrons. The maximum absolute atomic E-state index is 14.0. The van der Waals surface area contributed by atoms with Crippen LogP contribution in [0.15, 0.2) is 36.4 Å². The van der Waals surface area contributed by atoms with E-state index < -0.39 is 24.0 Å². The Kier molecular flexibility index (Phi) is 5.84. The van der Waals surface area contributed by atoms with Crippen LogP contribution >= 0.6 is 0 Å². The zero-order valence-electron chi connectivity index (χ0n) is 16.5. The molecule has 1 unspecified atom stereocenters. The average Bonchev–Trinajstić information content (AvgIpc) is 2.70. The van der Waals surface area contributed by atoms with Crippen LogP contribution in [-0.2, 0) is 0 Å². The number of ether oxygens (including phenoxy) is 1. The monoisotopic (exact) mass is 406 g/mol. The minimum absolute atomic E-state index is 0.304. The SMILES string of the molecule is CC1CC[C@@H]2C[C@H](c3ccc(-c4cc(F)c(OC(F)F)c(F)c4)cc3)CC[C@@H]2C1. The predicted octanol–water partition coefficient (Wildman–Crippen LogP) is 7.55. The van der Waals surface area contributed by atoms with Crippen molar-refractivity contribution in [2.24, 2.45) is 17.8 Å². The van der Waals surface area contributed by atoms with Crippen LogP contribution < -0.4 is 4.74 Å². The fourth-order valence-electron chi connectivity index (χ4n) is 5.30. The summed E-state index contributed by atoms with van der Waals surface area (Å²) in [4.78, 5) is 0. The summed E-state index contributed by atoms with van der Waals surface area (Å²) in [6.07, 6.45) is 7.71. The molecule has 1 nitrogen and oxygen atoms in total. The first-order valence-electron chi connectivity index (χ1n) is 10.4. The Hall–Kier alpha value is -2.04. The van der Waals surface area contributed by atoms with Crippen LogP contribution in [0.2, 0.25) is 0 Å². The van der Waals surface area contributed by atoms with Crippen molar-refractivity contribution < 1.29 is 22.3 Å². The van der Waals surface area contributed by atoms with Gasteiger partial charge in [0.25, 0.3) is 0 Å². The van der Waals surface area contributed by atoms with E-state index in [9.17, 15) is 17.6 Å². The average molecular weight is 406 g/mol. The molecule has 2 saturated carbocycles. The molecule has 4 rings (SSSR count). The molecule has 156 valence electrons. The summed E-state index contributed by atoms with van der Waals surface area (Å²) < 4.78 is 56.5. The van der Waals surface area contributed by atoms with E-state index in [0.717, 1.165) is 29.9 Å². The zero-order valence-corrected chi connectivity index (χ0v) is 16.5. The summed E-state index contributed by atoms with van der Waals surface area (Å²) in [6.45, 7) is -0.912. The van der Waals surface area contributed by atoms with Crippen molar-refractivity contribution in [1.29, 1.82) is 0 Å². The first-order valence-corrected chi connectivity index (χ1v) is 10.4. The van der Waals surface area contributed by atoms with Crippen molar-refractivity contribution in [3.8, 4) is 16.9 Å². The van der Waals surface area contributed by atoms with Crippen molar-refractivity contribution in [1.82, 2.24) is 0 Å². The molecule has 2 aliphatic carbocycles. The van der Waals surface area contributed by atoms with Gasteiger partial charge in [0.15, 0.2) is 17.4 Å². The summed E-state index contributed by atoms with van der Waals surface area (Å²) in [5.41, 5.74) is 2.22. The van der Waals surface area contributed by atoms with Gasteiger partial charge in [-0.25, -0.2) is 8.78 Å². The van der Waals surface area contributed by atoms with Crippen molar-refractivity contribution in [3.63, 3.8) is 0 Å². The maximum atomic E-state index is 14.0. The molecule has 4 atom stereocenters. The molecule has 5 heteroatoms. The predicted molar refractivity (Wildman–Crippen MR) is 105 cm³/mol. The molecule has 2 aromatic carbocycles. The Bertz CT molecular complexity index is 825. The van der Waals surface area contributed by atoms with Gasteiger partial charge in [0.05, 0.1) is 0 Å². The number of hydrogen-bond acceptors (Lipinski definition) is 1. The van der Waals surface area contributed by atoms with Gasteiger partial charge in [-0.1, -0.05) is 37.6 Å². The van der Waals surface area contributed by atoms with Gasteiger partial charge in [-0.05, 0) is 84.6 Å². The number of halogens is 4. The highest BCUT2D eigenvalue weighted by Gasteiger charge is 2.34. The lowest BCUT2D eigenvalue weighted by atomic mass is 9.64. The summed E-state index contributed by atoms with van der Waals surface area (Å²) in [6, 6.07) is 9.84. The van der Waals surface area contributed by atoms with Gasteiger partial charge in [0, 0.05) is 0 Å². The second-order valence-electron chi connectivity index (χ2n) is 8.72. The first-order chi connectivity index (χ1) is 13.9. The smallest absolute Gasteiger partial charge is 0.387 e. The molecule has 0 saturated heterocycles. The normalized spacial score (nSPS) is 27.0. The van der Waals surface area contributed by atoms with Crippen molar-refractivity contribution >= 4 is 0 Å². The number of hydrogen-bond donors (Lipinski definition) is 0. The molecule has 2 fully saturated rings. The van der Waals surface area contributed by atoms with E-state index in [1.807, 2.05) is 24.3 Å². The fourth-order valence-corrected chi connectivity index (χ4v) is 5.30. The Labute approximate surface area is 169 Å². The fraction of sp³-hybridized carbons (Fsp3) is 0.500. The van der Waals surface area contributed by atoms with E-state index in [0.29, 0.717) is 17.0 Å². The lowest BCUT2D eigenvalue weighted by molar-refractivity contribution is -0.0546. The Morgan fingerprint density at radius 1 is 0.828 bits per heavy atom. The van der Waals surface area contributed by atoms with Gasteiger partial charge in [-0.15, -0.1) is 0 Å². The van der Waals surface area contributed by atoms with Crippen LogP contribution in [0.25, 0.3) is 11.1 Å². The van der Waals surface area contributed by atoms with Crippen LogP contribution in [0, 0.1) is 29.4 Å². The van der Waals surface area contributed by atoms with Crippen molar-refractivity contribution in [3.05, 3.63) is 53.6 Å². The molecule has 29 heavy (non-hydrogen) atoms. The quantitative estimate of drug-likeness (QED) is 0.476. The van der Waals surface area contributed by atoms with Gasteiger partial charge < -0.3 is 4.74 Å². The molecule has 0 bridgehead atoms. The Morgan fingerprint density at radius 2 is 1.45 bits per heavy atom. The van der Waals surface area contributed by atoms with Crippen LogP contribution in [0.4, 0.5) is 17.6 Å². The summed E-state index contributed by atoms with van der Waals surface area (Å²) in [5, 5.41) is 0. The molecule has 0 heterocycles. The second kappa shape index (κ2) is 8.37.